The molecule has 0 unspecified atom stereocenters. The molecule has 2 aromatic heterocycles. The number of rotatable bonds is 4. The van der Waals surface area contributed by atoms with E-state index in [4.69, 9.17) is 0 Å². The number of hydrogen-bond donors (Lipinski definition) is 0. The van der Waals surface area contributed by atoms with Gasteiger partial charge in [-0.3, -0.25) is 0 Å². The van der Waals surface area contributed by atoms with Gasteiger partial charge >= 0.3 is 0 Å². The minimum Gasteiger partial charge on any atom is -0.309 e. The number of aryl methyl sites for hydroxylation is 1. The summed E-state index contributed by atoms with van der Waals surface area (Å²) in [6.45, 7) is 1.15. The molecule has 0 aromatic carbocycles. The molecule has 0 spiro atoms. The number of fused-ring (bicyclic) bond motifs is 1. The van der Waals surface area contributed by atoms with Crippen LogP contribution in [-0.4, -0.2) is 30.5 Å². The van der Waals surface area contributed by atoms with Crippen LogP contribution < -0.4 is 0 Å². The average molecular weight is 220 g/mol. The van der Waals surface area contributed by atoms with Gasteiger partial charge in [0, 0.05) is 16.5 Å². The molecule has 0 radical (unpaired) electrons. The molecular weight excluding hydrogens is 204 g/mol. The summed E-state index contributed by atoms with van der Waals surface area (Å²) in [4.78, 5) is 9.19. The first-order valence-electron chi connectivity index (χ1n) is 5.24. The second kappa shape index (κ2) is 4.73. The zero-order valence-corrected chi connectivity index (χ0v) is 10.0. The summed E-state index contributed by atoms with van der Waals surface area (Å²) in [5, 5.41) is 1.28. The predicted molar refractivity (Wildman–Crippen MR) is 66.5 cm³/mol. The third-order valence-corrected chi connectivity index (χ3v) is 3.49. The van der Waals surface area contributed by atoms with Gasteiger partial charge in [-0.25, -0.2) is 4.98 Å². The summed E-state index contributed by atoms with van der Waals surface area (Å²) in [5.41, 5.74) is 0. The van der Waals surface area contributed by atoms with E-state index in [0.717, 1.165) is 11.4 Å². The Balaban J connectivity index is 2.03. The van der Waals surface area contributed by atoms with Crippen molar-refractivity contribution in [1.82, 2.24) is 9.88 Å². The van der Waals surface area contributed by atoms with E-state index >= 15 is 0 Å². The van der Waals surface area contributed by atoms with E-state index in [1.165, 1.54) is 23.1 Å². The Bertz CT molecular complexity index is 401. The Morgan fingerprint density at radius 3 is 3.00 bits per heavy atom. The van der Waals surface area contributed by atoms with Gasteiger partial charge < -0.3 is 4.90 Å². The van der Waals surface area contributed by atoms with E-state index < -0.39 is 0 Å². The van der Waals surface area contributed by atoms with Crippen LogP contribution in [0.4, 0.5) is 0 Å². The molecular formula is C12H16N2S. The van der Waals surface area contributed by atoms with Crippen molar-refractivity contribution in [2.24, 2.45) is 0 Å². The highest BCUT2D eigenvalue weighted by atomic mass is 32.1. The van der Waals surface area contributed by atoms with Crippen LogP contribution in [0.3, 0.4) is 0 Å². The van der Waals surface area contributed by atoms with Gasteiger partial charge in [-0.2, -0.15) is 0 Å². The van der Waals surface area contributed by atoms with E-state index in [1.54, 1.807) is 0 Å². The first-order valence-corrected chi connectivity index (χ1v) is 6.05. The monoisotopic (exact) mass is 220 g/mol. The van der Waals surface area contributed by atoms with Crippen LogP contribution >= 0.6 is 11.3 Å². The lowest BCUT2D eigenvalue weighted by Gasteiger charge is -2.07. The van der Waals surface area contributed by atoms with E-state index in [9.17, 15) is 0 Å². The van der Waals surface area contributed by atoms with Crippen molar-refractivity contribution in [3.05, 3.63) is 29.3 Å². The molecule has 0 atom stereocenters. The van der Waals surface area contributed by atoms with Crippen LogP contribution in [0.2, 0.25) is 0 Å². The minimum absolute atomic E-state index is 1.15. The first kappa shape index (κ1) is 10.6. The predicted octanol–water partition coefficient (Wildman–Crippen LogP) is 2.79. The van der Waals surface area contributed by atoms with Gasteiger partial charge in [-0.05, 0) is 45.6 Å². The molecule has 0 bridgehead atoms. The highest BCUT2D eigenvalue weighted by Crippen LogP contribution is 2.24. The Morgan fingerprint density at radius 2 is 2.27 bits per heavy atom. The molecule has 3 heteroatoms. The van der Waals surface area contributed by atoms with Crippen molar-refractivity contribution in [3.63, 3.8) is 0 Å². The number of pyridine rings is 1. The molecule has 0 saturated heterocycles. The molecule has 0 aliphatic carbocycles. The quantitative estimate of drug-likeness (QED) is 0.787. The van der Waals surface area contributed by atoms with Gasteiger partial charge in [0.05, 0.1) is 0 Å². The fraction of sp³-hybridized carbons (Fsp3) is 0.417. The summed E-state index contributed by atoms with van der Waals surface area (Å²) in [7, 11) is 4.24. The molecule has 0 N–H and O–H groups in total. The molecule has 15 heavy (non-hydrogen) atoms. The van der Waals surface area contributed by atoms with Crippen LogP contribution in [-0.2, 0) is 6.42 Å². The van der Waals surface area contributed by atoms with Gasteiger partial charge in [0.15, 0.2) is 0 Å². The lowest BCUT2D eigenvalue weighted by atomic mass is 10.2. The van der Waals surface area contributed by atoms with E-state index in [-0.39, 0.29) is 0 Å². The highest BCUT2D eigenvalue weighted by Gasteiger charge is 2.01. The number of hydrogen-bond acceptors (Lipinski definition) is 3. The Hall–Kier alpha value is -0.930. The summed E-state index contributed by atoms with van der Waals surface area (Å²) < 4.78 is 0. The molecule has 0 aliphatic rings. The van der Waals surface area contributed by atoms with Crippen LogP contribution in [0.15, 0.2) is 24.4 Å². The van der Waals surface area contributed by atoms with Gasteiger partial charge in [0.25, 0.3) is 0 Å². The van der Waals surface area contributed by atoms with Gasteiger partial charge in [0.2, 0.25) is 0 Å². The van der Waals surface area contributed by atoms with Gasteiger partial charge in [0.1, 0.15) is 4.83 Å². The maximum absolute atomic E-state index is 4.35. The van der Waals surface area contributed by atoms with Crippen LogP contribution in [0.1, 0.15) is 11.3 Å². The van der Waals surface area contributed by atoms with E-state index in [0.29, 0.717) is 0 Å². The lowest BCUT2D eigenvalue weighted by Crippen LogP contribution is -2.13. The summed E-state index contributed by atoms with van der Waals surface area (Å²) in [6.07, 6.45) is 4.25. The van der Waals surface area contributed by atoms with Gasteiger partial charge in [-0.15, -0.1) is 11.3 Å². The maximum atomic E-state index is 4.35. The normalized spacial score (nSPS) is 11.4. The van der Waals surface area contributed by atoms with Crippen LogP contribution in [0, 0.1) is 0 Å². The maximum Gasteiger partial charge on any atom is 0.123 e. The first-order chi connectivity index (χ1) is 7.25. The van der Waals surface area contributed by atoms with Crippen molar-refractivity contribution in [2.75, 3.05) is 20.6 Å². The van der Waals surface area contributed by atoms with Crippen LogP contribution in [0.25, 0.3) is 10.2 Å². The third-order valence-electron chi connectivity index (χ3n) is 2.37. The van der Waals surface area contributed by atoms with Crippen LogP contribution in [0.5, 0.6) is 0 Å². The smallest absolute Gasteiger partial charge is 0.123 e. The topological polar surface area (TPSA) is 16.1 Å². The van der Waals surface area contributed by atoms with Crippen molar-refractivity contribution >= 4 is 21.6 Å². The summed E-state index contributed by atoms with van der Waals surface area (Å²) >= 11 is 1.82. The molecule has 80 valence electrons. The summed E-state index contributed by atoms with van der Waals surface area (Å²) in [6, 6.07) is 6.40. The van der Waals surface area contributed by atoms with Crippen molar-refractivity contribution in [3.8, 4) is 0 Å². The molecule has 2 rings (SSSR count). The Morgan fingerprint density at radius 1 is 1.40 bits per heavy atom. The second-order valence-electron chi connectivity index (χ2n) is 4.02. The largest absolute Gasteiger partial charge is 0.309 e. The molecule has 0 fully saturated rings. The number of nitrogens with zero attached hydrogens (tertiary/aromatic N) is 2. The Labute approximate surface area is 94.6 Å². The SMILES string of the molecule is CN(C)CCCc1cc2cccnc2s1. The summed E-state index contributed by atoms with van der Waals surface area (Å²) in [5.74, 6) is 0. The van der Waals surface area contributed by atoms with Crippen molar-refractivity contribution in [1.29, 1.82) is 0 Å². The zero-order valence-electron chi connectivity index (χ0n) is 9.23. The molecule has 2 nitrogen and oxygen atoms in total. The lowest BCUT2D eigenvalue weighted by molar-refractivity contribution is 0.401. The van der Waals surface area contributed by atoms with Gasteiger partial charge in [-0.1, -0.05) is 6.07 Å². The highest BCUT2D eigenvalue weighted by molar-refractivity contribution is 7.18. The average Bonchev–Trinajstić information content (AvgIpc) is 2.59. The molecule has 0 amide bonds. The second-order valence-corrected chi connectivity index (χ2v) is 5.13. The third kappa shape index (κ3) is 2.76. The zero-order chi connectivity index (χ0) is 10.7. The Kier molecular flexibility index (Phi) is 3.34. The molecule has 2 aromatic rings. The van der Waals surface area contributed by atoms with E-state index in [2.05, 4.69) is 36.1 Å². The fourth-order valence-electron chi connectivity index (χ4n) is 1.62. The number of thiophene rings is 1. The van der Waals surface area contributed by atoms with E-state index in [1.807, 2.05) is 23.6 Å². The molecule has 0 saturated carbocycles. The van der Waals surface area contributed by atoms with Crippen molar-refractivity contribution < 1.29 is 0 Å². The van der Waals surface area contributed by atoms with Crippen molar-refractivity contribution in [2.45, 2.75) is 12.8 Å². The standard InChI is InChI=1S/C12H16N2S/c1-14(2)8-4-6-11-9-10-5-3-7-13-12(10)15-11/h3,5,7,9H,4,6,8H2,1-2H3. The number of aromatic nitrogens is 1. The molecule has 0 aliphatic heterocycles. The molecule has 2 heterocycles. The minimum atomic E-state index is 1.15. The fourth-order valence-corrected chi connectivity index (χ4v) is 2.66.